The van der Waals surface area contributed by atoms with Crippen molar-refractivity contribution in [2.24, 2.45) is 5.92 Å². The van der Waals surface area contributed by atoms with Gasteiger partial charge in [-0.05, 0) is 24.8 Å². The lowest BCUT2D eigenvalue weighted by molar-refractivity contribution is -0.384. The van der Waals surface area contributed by atoms with Gasteiger partial charge in [-0.2, -0.15) is 0 Å². The zero-order valence-corrected chi connectivity index (χ0v) is 17.4. The van der Waals surface area contributed by atoms with Gasteiger partial charge in [-0.25, -0.2) is 9.59 Å². The molecule has 0 aromatic heterocycles. The predicted molar refractivity (Wildman–Crippen MR) is 108 cm³/mol. The normalized spacial score (nSPS) is 15.2. The number of non-ortho nitro benzene ring substituents is 1. The number of benzene rings is 1. The number of carbonyl (C=O) groups is 3. The molecule has 30 heavy (non-hydrogen) atoms. The molecule has 10 heteroatoms. The smallest absolute Gasteiger partial charge is 0.341 e. The number of nitrogens with zero attached hydrogens (tertiary/aromatic N) is 2. The molecule has 1 N–H and O–H groups in total. The van der Waals surface area contributed by atoms with Crippen molar-refractivity contribution in [3.8, 4) is 0 Å². The zero-order chi connectivity index (χ0) is 22.3. The van der Waals surface area contributed by atoms with Gasteiger partial charge in [0, 0.05) is 25.2 Å². The molecule has 2 atom stereocenters. The standard InChI is InChI=1S/C20H27N3O7/c1-4-13(2)18(20(26)29-3)21-17(24)12-30-19(25)15-11-14(23(27)28)7-8-16(15)22-9-5-6-10-22/h7-8,11,13,18H,4-6,9-10,12H2,1-3H3,(H,21,24)/t13-,18+/m1/s1. The van der Waals surface area contributed by atoms with E-state index in [4.69, 9.17) is 9.47 Å². The molecule has 0 radical (unpaired) electrons. The molecule has 0 saturated carbocycles. The van der Waals surface area contributed by atoms with Crippen LogP contribution in [0.4, 0.5) is 11.4 Å². The van der Waals surface area contributed by atoms with Crippen LogP contribution >= 0.6 is 0 Å². The van der Waals surface area contributed by atoms with E-state index in [0.29, 0.717) is 12.1 Å². The van der Waals surface area contributed by atoms with Gasteiger partial charge in [0.2, 0.25) is 0 Å². The Labute approximate surface area is 174 Å². The largest absolute Gasteiger partial charge is 0.467 e. The minimum Gasteiger partial charge on any atom is -0.467 e. The van der Waals surface area contributed by atoms with Crippen LogP contribution in [0.5, 0.6) is 0 Å². The van der Waals surface area contributed by atoms with E-state index in [1.807, 2.05) is 11.8 Å². The Morgan fingerprint density at radius 3 is 2.50 bits per heavy atom. The Morgan fingerprint density at radius 1 is 1.27 bits per heavy atom. The maximum Gasteiger partial charge on any atom is 0.341 e. The first-order chi connectivity index (χ1) is 14.3. The average Bonchev–Trinajstić information content (AvgIpc) is 3.28. The third-order valence-corrected chi connectivity index (χ3v) is 5.18. The lowest BCUT2D eigenvalue weighted by Gasteiger charge is -2.22. The number of hydrogen-bond donors (Lipinski definition) is 1. The van der Waals surface area contributed by atoms with Crippen molar-refractivity contribution in [2.75, 3.05) is 31.7 Å². The number of anilines is 1. The van der Waals surface area contributed by atoms with Gasteiger partial charge in [-0.1, -0.05) is 20.3 Å². The molecule has 164 valence electrons. The summed E-state index contributed by atoms with van der Waals surface area (Å²) < 4.78 is 9.81. The second kappa shape index (κ2) is 10.6. The van der Waals surface area contributed by atoms with Crippen LogP contribution in [0, 0.1) is 16.0 Å². The van der Waals surface area contributed by atoms with Crippen LogP contribution in [-0.4, -0.2) is 55.6 Å². The molecule has 0 bridgehead atoms. The van der Waals surface area contributed by atoms with Crippen LogP contribution in [-0.2, 0) is 19.1 Å². The van der Waals surface area contributed by atoms with Crippen molar-refractivity contribution >= 4 is 29.2 Å². The van der Waals surface area contributed by atoms with Gasteiger partial charge in [-0.15, -0.1) is 0 Å². The second-order valence-electron chi connectivity index (χ2n) is 7.18. The topological polar surface area (TPSA) is 128 Å². The minimum atomic E-state index is -0.857. The first kappa shape index (κ1) is 23.1. The highest BCUT2D eigenvalue weighted by molar-refractivity contribution is 5.98. The van der Waals surface area contributed by atoms with Crippen LogP contribution in [0.15, 0.2) is 18.2 Å². The van der Waals surface area contributed by atoms with Gasteiger partial charge in [0.05, 0.1) is 23.3 Å². The van der Waals surface area contributed by atoms with Crippen molar-refractivity contribution < 1.29 is 28.8 Å². The Kier molecular flexibility index (Phi) is 8.14. The molecular formula is C20H27N3O7. The Hall–Kier alpha value is -3.17. The molecule has 0 aliphatic carbocycles. The summed E-state index contributed by atoms with van der Waals surface area (Å²) in [7, 11) is 1.23. The van der Waals surface area contributed by atoms with E-state index in [9.17, 15) is 24.5 Å². The molecule has 1 amide bonds. The summed E-state index contributed by atoms with van der Waals surface area (Å²) in [6, 6.07) is 3.16. The van der Waals surface area contributed by atoms with E-state index in [2.05, 4.69) is 5.32 Å². The van der Waals surface area contributed by atoms with E-state index in [1.54, 1.807) is 6.92 Å². The summed E-state index contributed by atoms with van der Waals surface area (Å²) in [6.07, 6.45) is 2.55. The molecule has 0 spiro atoms. The number of rotatable bonds is 9. The molecule has 1 fully saturated rings. The Balaban J connectivity index is 2.11. The second-order valence-corrected chi connectivity index (χ2v) is 7.18. The number of hydrogen-bond acceptors (Lipinski definition) is 8. The SMILES string of the molecule is CC[C@@H](C)[C@H](NC(=O)COC(=O)c1cc([N+](=O)[O-])ccc1N1CCCC1)C(=O)OC. The van der Waals surface area contributed by atoms with Gasteiger partial charge >= 0.3 is 11.9 Å². The van der Waals surface area contributed by atoms with Gasteiger partial charge in [0.25, 0.3) is 11.6 Å². The lowest BCUT2D eigenvalue weighted by atomic mass is 9.99. The number of nitrogens with one attached hydrogen (secondary N) is 1. The minimum absolute atomic E-state index is 0.0327. The summed E-state index contributed by atoms with van der Waals surface area (Å²) in [5, 5.41) is 13.6. The van der Waals surface area contributed by atoms with Gasteiger partial charge in [-0.3, -0.25) is 14.9 Å². The van der Waals surface area contributed by atoms with Crippen molar-refractivity contribution in [3.63, 3.8) is 0 Å². The van der Waals surface area contributed by atoms with Crippen LogP contribution in [0.2, 0.25) is 0 Å². The van der Waals surface area contributed by atoms with Gasteiger partial charge in [0.1, 0.15) is 6.04 Å². The molecule has 1 saturated heterocycles. The summed E-state index contributed by atoms with van der Waals surface area (Å²) in [6.45, 7) is 4.50. The molecule has 1 aliphatic rings. The monoisotopic (exact) mass is 421 g/mol. The quantitative estimate of drug-likeness (QED) is 0.364. The maximum atomic E-state index is 12.6. The summed E-state index contributed by atoms with van der Waals surface area (Å²) in [5.41, 5.74) is 0.331. The molecule has 0 unspecified atom stereocenters. The molecule has 1 heterocycles. The fourth-order valence-electron chi connectivity index (χ4n) is 3.25. The van der Waals surface area contributed by atoms with Crippen molar-refractivity contribution in [2.45, 2.75) is 39.2 Å². The molecule has 1 aromatic rings. The van der Waals surface area contributed by atoms with Crippen molar-refractivity contribution in [1.82, 2.24) is 5.32 Å². The Morgan fingerprint density at radius 2 is 1.93 bits per heavy atom. The number of methoxy groups -OCH3 is 1. The number of esters is 2. The summed E-state index contributed by atoms with van der Waals surface area (Å²) >= 11 is 0. The van der Waals surface area contributed by atoms with E-state index in [0.717, 1.165) is 32.0 Å². The highest BCUT2D eigenvalue weighted by Crippen LogP contribution is 2.29. The molecule has 1 aromatic carbocycles. The van der Waals surface area contributed by atoms with E-state index in [1.165, 1.54) is 19.2 Å². The number of carbonyl (C=O) groups excluding carboxylic acids is 3. The van der Waals surface area contributed by atoms with Crippen molar-refractivity contribution in [3.05, 3.63) is 33.9 Å². The lowest BCUT2D eigenvalue weighted by Crippen LogP contribution is -2.47. The van der Waals surface area contributed by atoms with Gasteiger partial charge < -0.3 is 19.7 Å². The number of amides is 1. The first-order valence-corrected chi connectivity index (χ1v) is 9.86. The molecule has 10 nitrogen and oxygen atoms in total. The van der Waals surface area contributed by atoms with E-state index >= 15 is 0 Å². The number of nitro benzene ring substituents is 1. The number of ether oxygens (including phenoxy) is 2. The van der Waals surface area contributed by atoms with E-state index < -0.39 is 35.4 Å². The van der Waals surface area contributed by atoms with Crippen LogP contribution in [0.1, 0.15) is 43.5 Å². The van der Waals surface area contributed by atoms with Crippen molar-refractivity contribution in [1.29, 1.82) is 0 Å². The number of nitro groups is 1. The Bertz CT molecular complexity index is 806. The average molecular weight is 421 g/mol. The van der Waals surface area contributed by atoms with Crippen LogP contribution in [0.3, 0.4) is 0 Å². The fraction of sp³-hybridized carbons (Fsp3) is 0.550. The highest BCUT2D eigenvalue weighted by Gasteiger charge is 2.28. The summed E-state index contributed by atoms with van der Waals surface area (Å²) in [4.78, 5) is 49.2. The van der Waals surface area contributed by atoms with Crippen LogP contribution < -0.4 is 10.2 Å². The predicted octanol–water partition coefficient (Wildman–Crippen LogP) is 2.06. The van der Waals surface area contributed by atoms with E-state index in [-0.39, 0.29) is 17.2 Å². The third kappa shape index (κ3) is 5.68. The molecular weight excluding hydrogens is 394 g/mol. The highest BCUT2D eigenvalue weighted by atomic mass is 16.6. The fourth-order valence-corrected chi connectivity index (χ4v) is 3.25. The molecule has 1 aliphatic heterocycles. The van der Waals surface area contributed by atoms with Gasteiger partial charge in [0.15, 0.2) is 6.61 Å². The zero-order valence-electron chi connectivity index (χ0n) is 17.4. The van der Waals surface area contributed by atoms with Crippen LogP contribution in [0.25, 0.3) is 0 Å². The molecule has 2 rings (SSSR count). The summed E-state index contributed by atoms with van der Waals surface area (Å²) in [5.74, 6) is -2.25. The first-order valence-electron chi connectivity index (χ1n) is 9.86. The maximum absolute atomic E-state index is 12.6. The third-order valence-electron chi connectivity index (χ3n) is 5.18.